The van der Waals surface area contributed by atoms with Gasteiger partial charge in [-0.2, -0.15) is 0 Å². The number of nitrogens with two attached hydrogens (primary N) is 1. The Morgan fingerprint density at radius 3 is 2.76 bits per heavy atom. The highest BCUT2D eigenvalue weighted by Gasteiger charge is 2.07. The maximum atomic E-state index is 5.98. The zero-order chi connectivity index (χ0) is 14.7. The lowest BCUT2D eigenvalue weighted by atomic mass is 10.1. The van der Waals surface area contributed by atoms with Gasteiger partial charge in [0.05, 0.1) is 23.5 Å². The molecule has 3 rings (SSSR count). The van der Waals surface area contributed by atoms with Crippen molar-refractivity contribution in [2.45, 2.75) is 6.92 Å². The SMILES string of the molecule is CCOc1ccccc1Nc1ccc(N)c2ncccc12. The Bertz CT molecular complexity index is 771. The molecular weight excluding hydrogens is 262 g/mol. The molecule has 4 heteroatoms. The van der Waals surface area contributed by atoms with Crippen LogP contribution in [0.5, 0.6) is 5.75 Å². The Labute approximate surface area is 123 Å². The van der Waals surface area contributed by atoms with Crippen molar-refractivity contribution in [1.29, 1.82) is 0 Å². The van der Waals surface area contributed by atoms with E-state index in [1.165, 1.54) is 0 Å². The first-order valence-corrected chi connectivity index (χ1v) is 6.91. The third-order valence-electron chi connectivity index (χ3n) is 3.26. The average Bonchev–Trinajstić information content (AvgIpc) is 2.52. The molecule has 0 saturated carbocycles. The van der Waals surface area contributed by atoms with Gasteiger partial charge in [-0.15, -0.1) is 0 Å². The van der Waals surface area contributed by atoms with Gasteiger partial charge in [-0.05, 0) is 43.3 Å². The first-order valence-electron chi connectivity index (χ1n) is 6.91. The van der Waals surface area contributed by atoms with Crippen molar-refractivity contribution in [3.8, 4) is 5.75 Å². The molecule has 2 aromatic carbocycles. The summed E-state index contributed by atoms with van der Waals surface area (Å²) in [6.45, 7) is 2.60. The molecule has 0 atom stereocenters. The Morgan fingerprint density at radius 1 is 1.05 bits per heavy atom. The Morgan fingerprint density at radius 2 is 1.90 bits per heavy atom. The van der Waals surface area contributed by atoms with Gasteiger partial charge in [0.1, 0.15) is 5.75 Å². The number of hydrogen-bond acceptors (Lipinski definition) is 4. The van der Waals surface area contributed by atoms with E-state index in [0.717, 1.165) is 28.0 Å². The number of hydrogen-bond donors (Lipinski definition) is 2. The molecular formula is C17H17N3O. The van der Waals surface area contributed by atoms with Gasteiger partial charge in [0.25, 0.3) is 0 Å². The minimum absolute atomic E-state index is 0.628. The number of anilines is 3. The molecule has 1 heterocycles. The van der Waals surface area contributed by atoms with Gasteiger partial charge < -0.3 is 15.8 Å². The third kappa shape index (κ3) is 2.60. The van der Waals surface area contributed by atoms with Gasteiger partial charge in [0, 0.05) is 17.3 Å². The van der Waals surface area contributed by atoms with Gasteiger partial charge in [-0.25, -0.2) is 0 Å². The van der Waals surface area contributed by atoms with Crippen molar-refractivity contribution >= 4 is 28.0 Å². The number of aromatic nitrogens is 1. The molecule has 0 amide bonds. The summed E-state index contributed by atoms with van der Waals surface area (Å²) in [6, 6.07) is 15.6. The van der Waals surface area contributed by atoms with Crippen LogP contribution in [0.25, 0.3) is 10.9 Å². The van der Waals surface area contributed by atoms with E-state index in [9.17, 15) is 0 Å². The summed E-state index contributed by atoms with van der Waals surface area (Å²) in [6.07, 6.45) is 1.75. The molecule has 0 saturated heterocycles. The summed E-state index contributed by atoms with van der Waals surface area (Å²) in [4.78, 5) is 4.35. The summed E-state index contributed by atoms with van der Waals surface area (Å²) < 4.78 is 5.64. The van der Waals surface area contributed by atoms with Crippen LogP contribution in [-0.2, 0) is 0 Å². The summed E-state index contributed by atoms with van der Waals surface area (Å²) in [5.74, 6) is 0.828. The fourth-order valence-corrected chi connectivity index (χ4v) is 2.30. The Balaban J connectivity index is 2.05. The van der Waals surface area contributed by atoms with Crippen molar-refractivity contribution in [3.63, 3.8) is 0 Å². The normalized spacial score (nSPS) is 10.5. The molecule has 3 aromatic rings. The van der Waals surface area contributed by atoms with Crippen molar-refractivity contribution in [2.75, 3.05) is 17.7 Å². The van der Waals surface area contributed by atoms with Crippen LogP contribution in [-0.4, -0.2) is 11.6 Å². The monoisotopic (exact) mass is 279 g/mol. The molecule has 1 aromatic heterocycles. The maximum Gasteiger partial charge on any atom is 0.142 e. The molecule has 21 heavy (non-hydrogen) atoms. The largest absolute Gasteiger partial charge is 0.492 e. The van der Waals surface area contributed by atoms with E-state index >= 15 is 0 Å². The summed E-state index contributed by atoms with van der Waals surface area (Å²) in [5.41, 5.74) is 9.34. The number of benzene rings is 2. The van der Waals surface area contributed by atoms with Crippen LogP contribution in [0.2, 0.25) is 0 Å². The number of ether oxygens (including phenoxy) is 1. The number of fused-ring (bicyclic) bond motifs is 1. The van der Waals surface area contributed by atoms with Gasteiger partial charge in [0.15, 0.2) is 0 Å². The standard InChI is InChI=1S/C17H17N3O/c1-2-21-16-8-4-3-7-15(16)20-14-10-9-13(18)17-12(14)6-5-11-19-17/h3-11,20H,2,18H2,1H3. The molecule has 0 radical (unpaired) electrons. The zero-order valence-corrected chi connectivity index (χ0v) is 11.8. The van der Waals surface area contributed by atoms with E-state index < -0.39 is 0 Å². The topological polar surface area (TPSA) is 60.2 Å². The minimum Gasteiger partial charge on any atom is -0.492 e. The molecule has 0 aliphatic carbocycles. The number of nitrogen functional groups attached to an aromatic ring is 1. The second-order valence-electron chi connectivity index (χ2n) is 4.66. The van der Waals surface area contributed by atoms with E-state index in [1.807, 2.05) is 55.5 Å². The quantitative estimate of drug-likeness (QED) is 0.710. The van der Waals surface area contributed by atoms with E-state index in [4.69, 9.17) is 10.5 Å². The first-order chi connectivity index (χ1) is 10.3. The summed E-state index contributed by atoms with van der Waals surface area (Å²) >= 11 is 0. The third-order valence-corrected chi connectivity index (χ3v) is 3.26. The van der Waals surface area contributed by atoms with Gasteiger partial charge in [-0.1, -0.05) is 12.1 Å². The summed E-state index contributed by atoms with van der Waals surface area (Å²) in [7, 11) is 0. The number of nitrogens with one attached hydrogen (secondary N) is 1. The predicted octanol–water partition coefficient (Wildman–Crippen LogP) is 3.96. The number of pyridine rings is 1. The second kappa shape index (κ2) is 5.71. The molecule has 0 spiro atoms. The van der Waals surface area contributed by atoms with E-state index in [0.29, 0.717) is 12.3 Å². The second-order valence-corrected chi connectivity index (χ2v) is 4.66. The van der Waals surface area contributed by atoms with Crippen LogP contribution in [0.15, 0.2) is 54.7 Å². The lowest BCUT2D eigenvalue weighted by molar-refractivity contribution is 0.342. The van der Waals surface area contributed by atoms with Crippen LogP contribution in [0, 0.1) is 0 Å². The maximum absolute atomic E-state index is 5.98. The van der Waals surface area contributed by atoms with Crippen molar-refractivity contribution in [2.24, 2.45) is 0 Å². The highest BCUT2D eigenvalue weighted by atomic mass is 16.5. The van der Waals surface area contributed by atoms with Crippen molar-refractivity contribution in [1.82, 2.24) is 4.98 Å². The van der Waals surface area contributed by atoms with Crippen LogP contribution in [0.4, 0.5) is 17.1 Å². The molecule has 0 fully saturated rings. The number of para-hydroxylation sites is 2. The van der Waals surface area contributed by atoms with Crippen LogP contribution in [0.3, 0.4) is 0 Å². The van der Waals surface area contributed by atoms with Crippen LogP contribution in [0.1, 0.15) is 6.92 Å². The fourth-order valence-electron chi connectivity index (χ4n) is 2.30. The minimum atomic E-state index is 0.628. The smallest absolute Gasteiger partial charge is 0.142 e. The average molecular weight is 279 g/mol. The molecule has 0 unspecified atom stereocenters. The molecule has 0 aliphatic heterocycles. The molecule has 106 valence electrons. The van der Waals surface area contributed by atoms with Crippen LogP contribution < -0.4 is 15.8 Å². The highest BCUT2D eigenvalue weighted by Crippen LogP contribution is 2.32. The predicted molar refractivity (Wildman–Crippen MR) is 87.0 cm³/mol. The van der Waals surface area contributed by atoms with Crippen molar-refractivity contribution < 1.29 is 4.74 Å². The summed E-state index contributed by atoms with van der Waals surface area (Å²) in [5, 5.41) is 4.40. The molecule has 4 nitrogen and oxygen atoms in total. The first kappa shape index (κ1) is 13.2. The van der Waals surface area contributed by atoms with Crippen molar-refractivity contribution in [3.05, 3.63) is 54.7 Å². The lowest BCUT2D eigenvalue weighted by Gasteiger charge is -2.14. The molecule has 0 bridgehead atoms. The number of nitrogens with zero attached hydrogens (tertiary/aromatic N) is 1. The lowest BCUT2D eigenvalue weighted by Crippen LogP contribution is -1.99. The van der Waals surface area contributed by atoms with E-state index in [2.05, 4.69) is 10.3 Å². The molecule has 0 aliphatic rings. The fraction of sp³-hybridized carbons (Fsp3) is 0.118. The molecule has 3 N–H and O–H groups in total. The number of rotatable bonds is 4. The van der Waals surface area contributed by atoms with E-state index in [1.54, 1.807) is 6.20 Å². The van der Waals surface area contributed by atoms with Gasteiger partial charge in [-0.3, -0.25) is 4.98 Å². The highest BCUT2D eigenvalue weighted by molar-refractivity contribution is 5.99. The van der Waals surface area contributed by atoms with Crippen LogP contribution >= 0.6 is 0 Å². The van der Waals surface area contributed by atoms with Gasteiger partial charge >= 0.3 is 0 Å². The Hall–Kier alpha value is -2.75. The zero-order valence-electron chi connectivity index (χ0n) is 11.8. The van der Waals surface area contributed by atoms with Gasteiger partial charge in [0.2, 0.25) is 0 Å². The van der Waals surface area contributed by atoms with E-state index in [-0.39, 0.29) is 0 Å². The Kier molecular flexibility index (Phi) is 3.60.